The van der Waals surface area contributed by atoms with Crippen LogP contribution in [-0.4, -0.2) is 8.24 Å². The molecule has 3 rings (SSSR count). The lowest BCUT2D eigenvalue weighted by atomic mass is 10.0. The Bertz CT molecular complexity index is 1400. The zero-order valence-corrected chi connectivity index (χ0v) is 21.1. The van der Waals surface area contributed by atoms with Crippen LogP contribution in [0.3, 0.4) is 0 Å². The minimum atomic E-state index is -3.86. The minimum absolute atomic E-state index is 0.0199. The van der Waals surface area contributed by atoms with Gasteiger partial charge in [0.25, 0.3) is 0 Å². The smallest absolute Gasteiger partial charge is 0.200 e. The first-order valence-electron chi connectivity index (χ1n) is 11.1. The van der Waals surface area contributed by atoms with Crippen LogP contribution in [0.15, 0.2) is 6.07 Å². The normalized spacial score (nSPS) is 11.9. The van der Waals surface area contributed by atoms with Crippen molar-refractivity contribution in [3.63, 3.8) is 0 Å². The van der Waals surface area contributed by atoms with E-state index in [4.69, 9.17) is 0 Å². The molecule has 0 spiro atoms. The molecule has 0 aliphatic heterocycles. The van der Waals surface area contributed by atoms with Gasteiger partial charge in [-0.15, -0.1) is 0 Å². The van der Waals surface area contributed by atoms with Crippen molar-refractivity contribution < 1.29 is 57.1 Å². The largest absolute Gasteiger partial charge is 0.359 e. The first-order chi connectivity index (χ1) is 18.1. The van der Waals surface area contributed by atoms with Gasteiger partial charge < -0.3 is 4.57 Å². The van der Waals surface area contributed by atoms with Crippen LogP contribution < -0.4 is 4.57 Å². The third kappa shape index (κ3) is 4.43. The fraction of sp³-hybridized carbons (Fsp3) is 0.250. The number of benzene rings is 3. The van der Waals surface area contributed by atoms with Crippen molar-refractivity contribution in [3.8, 4) is 11.1 Å². The van der Waals surface area contributed by atoms with Crippen LogP contribution in [0, 0.1) is 75.6 Å². The number of nitrogens with zero attached hydrogens (tertiary/aromatic N) is 1. The van der Waals surface area contributed by atoms with Gasteiger partial charge in [0.2, 0.25) is 5.82 Å². The quantitative estimate of drug-likeness (QED) is 0.114. The highest BCUT2D eigenvalue weighted by Gasteiger charge is 2.45. The average molecular weight is 593 g/mol. The molecule has 0 atom stereocenters. The molecular weight excluding hydrogens is 577 g/mol. The fourth-order valence-electron chi connectivity index (χ4n) is 4.41. The SMILES string of the molecule is CC[Si](CC)(CC)N(c1c(F)c(F)c(F)c(F)c1F)c1c(F)c(F)c(-c2cc(F)c(F)c(F)c2F)c(F)c1F. The maximum absolute atomic E-state index is 15.5. The van der Waals surface area contributed by atoms with Gasteiger partial charge >= 0.3 is 0 Å². The molecule has 0 aliphatic rings. The van der Waals surface area contributed by atoms with Gasteiger partial charge in [-0.1, -0.05) is 20.8 Å². The van der Waals surface area contributed by atoms with Crippen LogP contribution in [0.1, 0.15) is 20.8 Å². The highest BCUT2D eigenvalue weighted by molar-refractivity contribution is 6.84. The Balaban J connectivity index is 2.56. The first kappa shape index (κ1) is 30.3. The van der Waals surface area contributed by atoms with Crippen molar-refractivity contribution in [2.75, 3.05) is 4.57 Å². The summed E-state index contributed by atoms with van der Waals surface area (Å²) in [5, 5.41) is 0. The molecule has 3 aromatic carbocycles. The van der Waals surface area contributed by atoms with E-state index in [1.54, 1.807) is 0 Å². The zero-order chi connectivity index (χ0) is 29.7. The standard InChI is InChI=1S/C24H16F13NSi/c1-4-39(5-2,6-3)38(24-21(36)17(32)16(31)18(33)22(24)37)23-19(34)13(28)10(14(29)20(23)35)8-7-9(25)12(27)15(30)11(8)26/h7H,4-6H2,1-3H3. The Morgan fingerprint density at radius 1 is 0.462 bits per heavy atom. The van der Waals surface area contributed by atoms with Gasteiger partial charge in [-0.2, -0.15) is 0 Å². The molecule has 212 valence electrons. The summed E-state index contributed by atoms with van der Waals surface area (Å²) >= 11 is 0. The van der Waals surface area contributed by atoms with E-state index >= 15 is 17.6 Å². The van der Waals surface area contributed by atoms with Gasteiger partial charge in [0, 0.05) is 5.56 Å². The van der Waals surface area contributed by atoms with Crippen LogP contribution in [0.4, 0.5) is 68.5 Å². The molecule has 0 aliphatic carbocycles. The molecule has 0 radical (unpaired) electrons. The van der Waals surface area contributed by atoms with Gasteiger partial charge in [-0.25, -0.2) is 57.1 Å². The molecule has 0 saturated carbocycles. The second-order valence-electron chi connectivity index (χ2n) is 8.37. The van der Waals surface area contributed by atoms with Gasteiger partial charge in [-0.05, 0) is 24.2 Å². The molecule has 0 heterocycles. The highest BCUT2D eigenvalue weighted by atomic mass is 28.3. The number of anilines is 2. The van der Waals surface area contributed by atoms with E-state index in [2.05, 4.69) is 0 Å². The summed E-state index contributed by atoms with van der Waals surface area (Å²) in [6, 6.07) is -0.899. The van der Waals surface area contributed by atoms with Crippen molar-refractivity contribution in [1.82, 2.24) is 0 Å². The number of rotatable bonds is 7. The van der Waals surface area contributed by atoms with Crippen molar-refractivity contribution in [3.05, 3.63) is 81.7 Å². The number of hydrogen-bond donors (Lipinski definition) is 0. The van der Waals surface area contributed by atoms with Gasteiger partial charge in [-0.3, -0.25) is 0 Å². The molecule has 0 aromatic heterocycles. The molecule has 39 heavy (non-hydrogen) atoms. The molecule has 0 saturated heterocycles. The third-order valence-electron chi connectivity index (χ3n) is 6.69. The second kappa shape index (κ2) is 10.7. The predicted octanol–water partition coefficient (Wildman–Crippen LogP) is 9.31. The van der Waals surface area contributed by atoms with Crippen LogP contribution >= 0.6 is 0 Å². The summed E-state index contributed by atoms with van der Waals surface area (Å²) in [7, 11) is -3.86. The monoisotopic (exact) mass is 593 g/mol. The molecule has 15 heteroatoms. The number of halogens is 13. The summed E-state index contributed by atoms with van der Waals surface area (Å²) in [5.74, 6) is -32.5. The fourth-order valence-corrected chi connectivity index (χ4v) is 8.20. The summed E-state index contributed by atoms with van der Waals surface area (Å²) in [4.78, 5) is 0. The van der Waals surface area contributed by atoms with Gasteiger partial charge in [0.05, 0.1) is 5.56 Å². The maximum Gasteiger partial charge on any atom is 0.200 e. The van der Waals surface area contributed by atoms with Crippen LogP contribution in [-0.2, 0) is 0 Å². The van der Waals surface area contributed by atoms with Crippen molar-refractivity contribution in [2.45, 2.75) is 38.9 Å². The van der Waals surface area contributed by atoms with E-state index in [0.717, 1.165) is 0 Å². The Hall–Kier alpha value is -3.23. The Morgan fingerprint density at radius 3 is 1.18 bits per heavy atom. The molecule has 0 N–H and O–H groups in total. The average Bonchev–Trinajstić information content (AvgIpc) is 2.92. The van der Waals surface area contributed by atoms with Crippen molar-refractivity contribution >= 4 is 19.6 Å². The molecule has 0 bridgehead atoms. The van der Waals surface area contributed by atoms with Crippen LogP contribution in [0.25, 0.3) is 11.1 Å². The molecule has 3 aromatic rings. The van der Waals surface area contributed by atoms with E-state index in [9.17, 15) is 39.5 Å². The predicted molar refractivity (Wildman–Crippen MR) is 117 cm³/mol. The van der Waals surface area contributed by atoms with Gasteiger partial charge in [0.15, 0.2) is 78.0 Å². The lowest BCUT2D eigenvalue weighted by Crippen LogP contribution is -2.51. The van der Waals surface area contributed by atoms with E-state index in [1.807, 2.05) is 0 Å². The summed E-state index contributed by atoms with van der Waals surface area (Å²) in [5.41, 5.74) is -7.66. The van der Waals surface area contributed by atoms with E-state index in [0.29, 0.717) is 0 Å². The van der Waals surface area contributed by atoms with E-state index < -0.39 is 106 Å². The molecule has 0 unspecified atom stereocenters. The topological polar surface area (TPSA) is 3.24 Å². The molecule has 0 fully saturated rings. The minimum Gasteiger partial charge on any atom is -0.359 e. The Kier molecular flexibility index (Phi) is 8.34. The lowest BCUT2D eigenvalue weighted by Gasteiger charge is -2.43. The van der Waals surface area contributed by atoms with E-state index in [1.165, 1.54) is 20.8 Å². The van der Waals surface area contributed by atoms with Crippen LogP contribution in [0.2, 0.25) is 18.1 Å². The third-order valence-corrected chi connectivity index (χ3v) is 12.0. The van der Waals surface area contributed by atoms with Gasteiger partial charge in [0.1, 0.15) is 11.4 Å². The summed E-state index contributed by atoms with van der Waals surface area (Å²) in [6.45, 7) is 4.03. The zero-order valence-electron chi connectivity index (χ0n) is 20.1. The first-order valence-corrected chi connectivity index (χ1v) is 13.7. The molecular formula is C24H16F13NSi. The Morgan fingerprint density at radius 2 is 0.795 bits per heavy atom. The highest BCUT2D eigenvalue weighted by Crippen LogP contribution is 2.47. The maximum atomic E-state index is 15.5. The summed E-state index contributed by atoms with van der Waals surface area (Å²) < 4.78 is 188. The molecule has 0 amide bonds. The second-order valence-corrected chi connectivity index (χ2v) is 13.4. The Labute approximate surface area is 213 Å². The number of hydrogen-bond acceptors (Lipinski definition) is 1. The lowest BCUT2D eigenvalue weighted by molar-refractivity contribution is 0.380. The van der Waals surface area contributed by atoms with Crippen molar-refractivity contribution in [1.29, 1.82) is 0 Å². The van der Waals surface area contributed by atoms with Crippen LogP contribution in [0.5, 0.6) is 0 Å². The van der Waals surface area contributed by atoms with E-state index in [-0.39, 0.29) is 28.8 Å². The molecule has 1 nitrogen and oxygen atoms in total. The summed E-state index contributed by atoms with van der Waals surface area (Å²) in [6.07, 6.45) is 0. The van der Waals surface area contributed by atoms with Crippen molar-refractivity contribution in [2.24, 2.45) is 0 Å².